The fourth-order valence-electron chi connectivity index (χ4n) is 2.88. The van der Waals surface area contributed by atoms with E-state index in [9.17, 15) is 8.42 Å². The van der Waals surface area contributed by atoms with Crippen LogP contribution < -0.4 is 15.4 Å². The average Bonchev–Trinajstić information content (AvgIpc) is 3.09. The molecule has 9 heteroatoms. The summed E-state index contributed by atoms with van der Waals surface area (Å²) in [6, 6.07) is 6.97. The minimum atomic E-state index is -3.61. The van der Waals surface area contributed by atoms with Crippen LogP contribution in [0.5, 0.6) is 0 Å². The number of aliphatic imine (C=N–C) groups is 1. The van der Waals surface area contributed by atoms with Crippen molar-refractivity contribution in [1.82, 2.24) is 15.4 Å². The van der Waals surface area contributed by atoms with Gasteiger partial charge in [-0.15, -0.1) is 24.0 Å². The van der Waals surface area contributed by atoms with Gasteiger partial charge >= 0.3 is 0 Å². The van der Waals surface area contributed by atoms with Crippen LogP contribution in [0.4, 0.5) is 0 Å². The second-order valence-electron chi connectivity index (χ2n) is 7.67. The molecule has 0 aromatic heterocycles. The Morgan fingerprint density at radius 3 is 2.57 bits per heavy atom. The molecule has 1 aliphatic heterocycles. The number of rotatable bonds is 7. The van der Waals surface area contributed by atoms with Crippen LogP contribution in [0.15, 0.2) is 34.2 Å². The van der Waals surface area contributed by atoms with Crippen LogP contribution in [0.2, 0.25) is 0 Å². The Labute approximate surface area is 186 Å². The molecule has 0 bridgehead atoms. The molecule has 1 aromatic carbocycles. The zero-order valence-electron chi connectivity index (χ0n) is 17.1. The number of hydrogen-bond acceptors (Lipinski definition) is 4. The molecule has 1 unspecified atom stereocenters. The van der Waals surface area contributed by atoms with Crippen molar-refractivity contribution in [1.29, 1.82) is 0 Å². The van der Waals surface area contributed by atoms with Gasteiger partial charge in [-0.25, -0.2) is 18.1 Å². The highest BCUT2D eigenvalue weighted by Crippen LogP contribution is 2.18. The van der Waals surface area contributed by atoms with Gasteiger partial charge in [0.2, 0.25) is 10.0 Å². The Morgan fingerprint density at radius 1 is 1.25 bits per heavy atom. The molecule has 28 heavy (non-hydrogen) atoms. The standard InChI is InChI=1S/C19H32N4O3S.HI/c1-5-20-18(22-14-16-10-8-12-26-16)21-13-15-9-6-7-11-17(15)27(24,25)23-19(2,3)4;/h6-7,9,11,16,23H,5,8,10,12-14H2,1-4H3,(H2,20,21,22);1H. The summed E-state index contributed by atoms with van der Waals surface area (Å²) in [5.41, 5.74) is 0.107. The second-order valence-corrected chi connectivity index (χ2v) is 9.33. The number of nitrogens with zero attached hydrogens (tertiary/aromatic N) is 1. The Kier molecular flexibility index (Phi) is 10.2. The topological polar surface area (TPSA) is 91.8 Å². The molecule has 0 saturated carbocycles. The molecule has 0 spiro atoms. The van der Waals surface area contributed by atoms with Crippen molar-refractivity contribution in [3.8, 4) is 0 Å². The van der Waals surface area contributed by atoms with Gasteiger partial charge in [-0.1, -0.05) is 18.2 Å². The third-order valence-electron chi connectivity index (χ3n) is 3.98. The Morgan fingerprint density at radius 2 is 1.96 bits per heavy atom. The maximum atomic E-state index is 12.7. The summed E-state index contributed by atoms with van der Waals surface area (Å²) in [6.07, 6.45) is 2.34. The van der Waals surface area contributed by atoms with Crippen LogP contribution in [-0.4, -0.2) is 45.7 Å². The highest BCUT2D eigenvalue weighted by Gasteiger charge is 2.24. The summed E-state index contributed by atoms with van der Waals surface area (Å²) in [7, 11) is -3.61. The first-order valence-corrected chi connectivity index (χ1v) is 11.0. The average molecular weight is 524 g/mol. The van der Waals surface area contributed by atoms with Crippen molar-refractivity contribution in [2.24, 2.45) is 4.99 Å². The van der Waals surface area contributed by atoms with E-state index >= 15 is 0 Å². The minimum absolute atomic E-state index is 0. The Balaban J connectivity index is 0.00000392. The number of nitrogens with one attached hydrogen (secondary N) is 3. The highest BCUT2D eigenvalue weighted by atomic mass is 127. The molecule has 0 aliphatic carbocycles. The fourth-order valence-corrected chi connectivity index (χ4v) is 4.53. The largest absolute Gasteiger partial charge is 0.376 e. The molecule has 0 amide bonds. The van der Waals surface area contributed by atoms with Gasteiger partial charge in [0, 0.05) is 25.2 Å². The smallest absolute Gasteiger partial charge is 0.241 e. The van der Waals surface area contributed by atoms with E-state index in [1.54, 1.807) is 18.2 Å². The van der Waals surface area contributed by atoms with Crippen LogP contribution in [0, 0.1) is 0 Å². The molecule has 160 valence electrons. The van der Waals surface area contributed by atoms with Crippen molar-refractivity contribution < 1.29 is 13.2 Å². The predicted molar refractivity (Wildman–Crippen MR) is 124 cm³/mol. The summed E-state index contributed by atoms with van der Waals surface area (Å²) < 4.78 is 33.8. The van der Waals surface area contributed by atoms with Gasteiger partial charge in [-0.2, -0.15) is 0 Å². The summed E-state index contributed by atoms with van der Waals surface area (Å²) >= 11 is 0. The Hall–Kier alpha value is -0.910. The van der Waals surface area contributed by atoms with Gasteiger partial charge in [-0.05, 0) is 52.2 Å². The molecule has 1 fully saturated rings. The maximum Gasteiger partial charge on any atom is 0.241 e. The van der Waals surface area contributed by atoms with E-state index in [0.29, 0.717) is 18.1 Å². The van der Waals surface area contributed by atoms with Gasteiger partial charge < -0.3 is 15.4 Å². The van der Waals surface area contributed by atoms with Crippen molar-refractivity contribution in [2.45, 2.75) is 63.6 Å². The van der Waals surface area contributed by atoms with E-state index in [1.165, 1.54) is 0 Å². The van der Waals surface area contributed by atoms with Gasteiger partial charge in [0.25, 0.3) is 0 Å². The van der Waals surface area contributed by atoms with E-state index in [2.05, 4.69) is 20.3 Å². The van der Waals surface area contributed by atoms with Crippen LogP contribution in [-0.2, 0) is 21.3 Å². The molecule has 1 saturated heterocycles. The van der Waals surface area contributed by atoms with Crippen LogP contribution >= 0.6 is 24.0 Å². The quantitative estimate of drug-likeness (QED) is 0.290. The minimum Gasteiger partial charge on any atom is -0.376 e. The summed E-state index contributed by atoms with van der Waals surface area (Å²) in [5.74, 6) is 0.656. The number of ether oxygens (including phenoxy) is 1. The van der Waals surface area contributed by atoms with E-state index in [4.69, 9.17) is 4.74 Å². The molecule has 3 N–H and O–H groups in total. The normalized spacial score (nSPS) is 17.9. The predicted octanol–water partition coefficient (Wildman–Crippen LogP) is 2.62. The van der Waals surface area contributed by atoms with Gasteiger partial charge in [-0.3, -0.25) is 0 Å². The first kappa shape index (κ1) is 25.1. The van der Waals surface area contributed by atoms with Crippen molar-refractivity contribution >= 4 is 40.0 Å². The maximum absolute atomic E-state index is 12.7. The second kappa shape index (κ2) is 11.3. The van der Waals surface area contributed by atoms with Crippen LogP contribution in [0.25, 0.3) is 0 Å². The molecular formula is C19H33IN4O3S. The van der Waals surface area contributed by atoms with Crippen LogP contribution in [0.1, 0.15) is 46.1 Å². The van der Waals surface area contributed by atoms with E-state index < -0.39 is 15.6 Å². The molecule has 2 rings (SSSR count). The zero-order chi connectivity index (χ0) is 19.9. The zero-order valence-corrected chi connectivity index (χ0v) is 20.3. The van der Waals surface area contributed by atoms with Crippen LogP contribution in [0.3, 0.4) is 0 Å². The summed E-state index contributed by atoms with van der Waals surface area (Å²) in [4.78, 5) is 4.82. The first-order chi connectivity index (χ1) is 12.7. The number of halogens is 1. The van der Waals surface area contributed by atoms with Crippen molar-refractivity contribution in [2.75, 3.05) is 19.7 Å². The summed E-state index contributed by atoms with van der Waals surface area (Å²) in [5, 5.41) is 6.47. The fraction of sp³-hybridized carbons (Fsp3) is 0.632. The highest BCUT2D eigenvalue weighted by molar-refractivity contribution is 14.0. The number of sulfonamides is 1. The molecule has 7 nitrogen and oxygen atoms in total. The molecule has 1 aliphatic rings. The number of guanidine groups is 1. The molecule has 1 heterocycles. The summed E-state index contributed by atoms with van der Waals surface area (Å²) in [6.45, 7) is 9.96. The molecule has 1 atom stereocenters. The third kappa shape index (κ3) is 8.22. The van der Waals surface area contributed by atoms with Crippen molar-refractivity contribution in [3.63, 3.8) is 0 Å². The third-order valence-corrected chi connectivity index (χ3v) is 5.83. The van der Waals surface area contributed by atoms with Crippen molar-refractivity contribution in [3.05, 3.63) is 29.8 Å². The molecule has 0 radical (unpaired) electrons. The SMILES string of the molecule is CCNC(=NCc1ccccc1S(=O)(=O)NC(C)(C)C)NCC1CCCO1.I. The Bertz CT molecular complexity index is 742. The first-order valence-electron chi connectivity index (χ1n) is 9.47. The molecule has 1 aromatic rings. The van der Waals surface area contributed by atoms with E-state index in [1.807, 2.05) is 33.8 Å². The lowest BCUT2D eigenvalue weighted by molar-refractivity contribution is 0.114. The van der Waals surface area contributed by atoms with E-state index in [-0.39, 0.29) is 41.5 Å². The van der Waals surface area contributed by atoms with Gasteiger partial charge in [0.1, 0.15) is 0 Å². The molecular weight excluding hydrogens is 491 g/mol. The number of benzene rings is 1. The van der Waals surface area contributed by atoms with E-state index in [0.717, 1.165) is 26.0 Å². The van der Waals surface area contributed by atoms with Gasteiger partial charge in [0.05, 0.1) is 17.5 Å². The van der Waals surface area contributed by atoms with Gasteiger partial charge in [0.15, 0.2) is 5.96 Å². The number of hydrogen-bond donors (Lipinski definition) is 3. The lowest BCUT2D eigenvalue weighted by Gasteiger charge is -2.21. The monoisotopic (exact) mass is 524 g/mol. The lowest BCUT2D eigenvalue weighted by Crippen LogP contribution is -2.41. The lowest BCUT2D eigenvalue weighted by atomic mass is 10.1.